The van der Waals surface area contributed by atoms with Crippen LogP contribution in [0.5, 0.6) is 17.2 Å². The van der Waals surface area contributed by atoms with Gasteiger partial charge >= 0.3 is 5.69 Å². The van der Waals surface area contributed by atoms with E-state index in [0.717, 1.165) is 10.1 Å². The lowest BCUT2D eigenvalue weighted by atomic mass is 10.1. The summed E-state index contributed by atoms with van der Waals surface area (Å²) < 4.78 is 20.9. The molecule has 0 aliphatic rings. The van der Waals surface area contributed by atoms with Crippen molar-refractivity contribution in [3.05, 3.63) is 56.5 Å². The van der Waals surface area contributed by atoms with E-state index in [2.05, 4.69) is 10.3 Å². The summed E-state index contributed by atoms with van der Waals surface area (Å²) >= 11 is 0. The van der Waals surface area contributed by atoms with Gasteiger partial charge in [-0.15, -0.1) is 0 Å². The third-order valence-electron chi connectivity index (χ3n) is 5.38. The molecule has 0 spiro atoms. The number of methoxy groups -OCH3 is 2. The molecule has 2 heterocycles. The molecule has 11 nitrogen and oxygen atoms in total. The van der Waals surface area contributed by atoms with Gasteiger partial charge < -0.3 is 24.1 Å². The fraction of sp³-hybridized carbons (Fsp3) is 0.333. The van der Waals surface area contributed by atoms with E-state index in [1.165, 1.54) is 32.8 Å². The number of nitrogens with zero attached hydrogens (tertiary/aromatic N) is 4. The molecule has 3 aromatic rings. The van der Waals surface area contributed by atoms with E-state index >= 15 is 0 Å². The monoisotopic (exact) mass is 483 g/mol. The number of hydrogen-bond acceptors (Lipinski definition) is 7. The van der Waals surface area contributed by atoms with Gasteiger partial charge in [0.05, 0.1) is 14.2 Å². The number of ether oxygens (including phenoxy) is 3. The van der Waals surface area contributed by atoms with Gasteiger partial charge in [0.25, 0.3) is 5.56 Å². The average Bonchev–Trinajstić information content (AvgIpc) is 3.18. The molecule has 1 amide bonds. The highest BCUT2D eigenvalue weighted by Gasteiger charge is 2.16. The summed E-state index contributed by atoms with van der Waals surface area (Å²) in [5, 5.41) is 2.67. The highest BCUT2D eigenvalue weighted by molar-refractivity contribution is 5.77. The summed E-state index contributed by atoms with van der Waals surface area (Å²) in [6.45, 7) is 2.13. The first kappa shape index (κ1) is 25.3. The third kappa shape index (κ3) is 5.29. The van der Waals surface area contributed by atoms with E-state index in [0.29, 0.717) is 40.8 Å². The summed E-state index contributed by atoms with van der Waals surface area (Å²) in [6.07, 6.45) is 7.11. The summed E-state index contributed by atoms with van der Waals surface area (Å²) in [6, 6.07) is 3.57. The number of carbonyl (C=O) groups excluding carboxylic acids is 1. The molecule has 2 aromatic heterocycles. The Kier molecular flexibility index (Phi) is 7.80. The Morgan fingerprint density at radius 3 is 2.26 bits per heavy atom. The first-order chi connectivity index (χ1) is 16.7. The van der Waals surface area contributed by atoms with Crippen LogP contribution in [0.1, 0.15) is 18.3 Å². The van der Waals surface area contributed by atoms with Gasteiger partial charge in [0.1, 0.15) is 12.4 Å². The highest BCUT2D eigenvalue weighted by Crippen LogP contribution is 2.39. The van der Waals surface area contributed by atoms with Crippen molar-refractivity contribution in [1.29, 1.82) is 0 Å². The smallest absolute Gasteiger partial charge is 0.332 e. The summed E-state index contributed by atoms with van der Waals surface area (Å²) in [7, 11) is 7.80. The van der Waals surface area contributed by atoms with Gasteiger partial charge in [-0.05, 0) is 29.8 Å². The summed E-state index contributed by atoms with van der Waals surface area (Å²) in [5.74, 6) is 1.78. The fourth-order valence-corrected chi connectivity index (χ4v) is 3.48. The normalized spacial score (nSPS) is 11.5. The van der Waals surface area contributed by atoms with Crippen molar-refractivity contribution in [2.24, 2.45) is 21.1 Å². The zero-order valence-electron chi connectivity index (χ0n) is 20.6. The predicted octanol–water partition coefficient (Wildman–Crippen LogP) is 1.23. The minimum Gasteiger partial charge on any atom is -0.493 e. The minimum absolute atomic E-state index is 0.104. The lowest BCUT2D eigenvalue weighted by Crippen LogP contribution is -2.37. The van der Waals surface area contributed by atoms with Gasteiger partial charge in [-0.25, -0.2) is 9.78 Å². The van der Waals surface area contributed by atoms with Crippen LogP contribution in [0.4, 0.5) is 0 Å². The van der Waals surface area contributed by atoms with Gasteiger partial charge in [-0.3, -0.25) is 18.7 Å². The van der Waals surface area contributed by atoms with Crippen LogP contribution < -0.4 is 30.8 Å². The average molecular weight is 484 g/mol. The second-order valence-electron chi connectivity index (χ2n) is 7.71. The largest absolute Gasteiger partial charge is 0.493 e. The number of benzene rings is 1. The molecule has 0 bridgehead atoms. The topological polar surface area (TPSA) is 119 Å². The van der Waals surface area contributed by atoms with Gasteiger partial charge in [0.15, 0.2) is 22.7 Å². The molecule has 0 saturated heterocycles. The van der Waals surface area contributed by atoms with Crippen LogP contribution >= 0.6 is 0 Å². The maximum Gasteiger partial charge on any atom is 0.332 e. The Morgan fingerprint density at radius 2 is 1.66 bits per heavy atom. The number of aromatic nitrogens is 4. The molecule has 0 saturated carbocycles. The number of carbonyl (C=O) groups is 1. The van der Waals surface area contributed by atoms with Crippen LogP contribution in [0, 0.1) is 0 Å². The van der Waals surface area contributed by atoms with Crippen LogP contribution in [0.15, 0.2) is 33.9 Å². The molecule has 0 fully saturated rings. The zero-order chi connectivity index (χ0) is 25.7. The molecule has 3 rings (SSSR count). The minimum atomic E-state index is -0.439. The van der Waals surface area contributed by atoms with Crippen molar-refractivity contribution < 1.29 is 19.0 Å². The Balaban J connectivity index is 1.90. The van der Waals surface area contributed by atoms with E-state index in [1.807, 2.05) is 0 Å². The van der Waals surface area contributed by atoms with Gasteiger partial charge in [-0.1, -0.05) is 12.2 Å². The molecule has 0 radical (unpaired) electrons. The van der Waals surface area contributed by atoms with E-state index in [-0.39, 0.29) is 12.5 Å². The molecule has 1 N–H and O–H groups in total. The number of fused-ring (bicyclic) bond motifs is 1. The van der Waals surface area contributed by atoms with E-state index in [4.69, 9.17) is 14.2 Å². The Bertz CT molecular complexity index is 1400. The van der Waals surface area contributed by atoms with Crippen LogP contribution in [0.3, 0.4) is 0 Å². The Labute approximate surface area is 201 Å². The van der Waals surface area contributed by atoms with Crippen molar-refractivity contribution in [1.82, 2.24) is 24.0 Å². The number of nitrogens with one attached hydrogen (secondary N) is 1. The van der Waals surface area contributed by atoms with Crippen LogP contribution in [0.25, 0.3) is 23.3 Å². The predicted molar refractivity (Wildman–Crippen MR) is 133 cm³/mol. The first-order valence-electron chi connectivity index (χ1n) is 10.8. The molecule has 0 aliphatic heterocycles. The van der Waals surface area contributed by atoms with Crippen molar-refractivity contribution in [3.63, 3.8) is 0 Å². The standard InChI is InChI=1S/C24H29N5O6/c1-15(30)25-11-7-8-12-35-21-17(33-5)13-16(14-18(21)34-6)9-10-19-26-22-20(27(19)2)23(31)29(4)24(32)28(22)3/h7-10,13-14H,11-12H2,1-6H3,(H,25,30)/b8-7+,10-9+. The van der Waals surface area contributed by atoms with Crippen molar-refractivity contribution in [2.45, 2.75) is 6.92 Å². The van der Waals surface area contributed by atoms with E-state index < -0.39 is 11.2 Å². The molecule has 0 unspecified atom stereocenters. The molecule has 0 atom stereocenters. The van der Waals surface area contributed by atoms with E-state index in [1.54, 1.807) is 55.1 Å². The first-order valence-corrected chi connectivity index (χ1v) is 10.8. The molecule has 1 aromatic carbocycles. The Morgan fingerprint density at radius 1 is 1.00 bits per heavy atom. The van der Waals surface area contributed by atoms with Gasteiger partial charge in [-0.2, -0.15) is 0 Å². The Hall–Kier alpha value is -4.28. The lowest BCUT2D eigenvalue weighted by Gasteiger charge is -2.14. The van der Waals surface area contributed by atoms with E-state index in [9.17, 15) is 14.4 Å². The summed E-state index contributed by atoms with van der Waals surface area (Å²) in [4.78, 5) is 40.2. The third-order valence-corrected chi connectivity index (χ3v) is 5.38. The SMILES string of the molecule is COc1cc(/C=C/c2nc3c(c(=O)n(C)c(=O)n3C)n2C)cc(OC)c1OC/C=C/CNC(C)=O. The molecule has 35 heavy (non-hydrogen) atoms. The zero-order valence-corrected chi connectivity index (χ0v) is 20.6. The van der Waals surface area contributed by atoms with Crippen molar-refractivity contribution in [2.75, 3.05) is 27.4 Å². The lowest BCUT2D eigenvalue weighted by molar-refractivity contribution is -0.118. The van der Waals surface area contributed by atoms with Crippen molar-refractivity contribution >= 4 is 29.2 Å². The molecule has 186 valence electrons. The van der Waals surface area contributed by atoms with Crippen LogP contribution in [0.2, 0.25) is 0 Å². The number of imidazole rings is 1. The van der Waals surface area contributed by atoms with Crippen LogP contribution in [-0.4, -0.2) is 52.0 Å². The van der Waals surface area contributed by atoms with Crippen molar-refractivity contribution in [3.8, 4) is 17.2 Å². The van der Waals surface area contributed by atoms with Gasteiger partial charge in [0, 0.05) is 34.6 Å². The maximum atomic E-state index is 12.6. The van der Waals surface area contributed by atoms with Gasteiger partial charge in [0.2, 0.25) is 11.7 Å². The molecule has 0 aliphatic carbocycles. The number of rotatable bonds is 9. The molecular weight excluding hydrogens is 454 g/mol. The molecule has 11 heteroatoms. The highest BCUT2D eigenvalue weighted by atomic mass is 16.5. The summed E-state index contributed by atoms with van der Waals surface area (Å²) in [5.41, 5.74) is 0.548. The maximum absolute atomic E-state index is 12.6. The number of amides is 1. The second-order valence-corrected chi connectivity index (χ2v) is 7.71. The van der Waals surface area contributed by atoms with Crippen LogP contribution in [-0.2, 0) is 25.9 Å². The second kappa shape index (κ2) is 10.8. The molecular formula is C24H29N5O6. The number of hydrogen-bond donors (Lipinski definition) is 1. The fourth-order valence-electron chi connectivity index (χ4n) is 3.48. The quantitative estimate of drug-likeness (QED) is 0.455. The number of aryl methyl sites for hydroxylation is 2.